The van der Waals surface area contributed by atoms with Crippen molar-refractivity contribution in [2.45, 2.75) is 77.2 Å². The fourth-order valence-electron chi connectivity index (χ4n) is 4.03. The molecule has 120 valence electrons. The van der Waals surface area contributed by atoms with Crippen LogP contribution in [0.25, 0.3) is 0 Å². The first kappa shape index (κ1) is 18.3. The van der Waals surface area contributed by atoms with E-state index in [1.165, 1.54) is 83.8 Å². The second kappa shape index (κ2) is 10.0. The largest absolute Gasteiger partial charge is 0.327 e. The number of nitrogens with two attached hydrogens (primary N) is 1. The molecule has 20 heavy (non-hydrogen) atoms. The van der Waals surface area contributed by atoms with Crippen LogP contribution in [0, 0.1) is 11.8 Å². The van der Waals surface area contributed by atoms with Crippen molar-refractivity contribution in [2.24, 2.45) is 17.6 Å². The maximum atomic E-state index is 6.30. The van der Waals surface area contributed by atoms with Gasteiger partial charge in [0.25, 0.3) is 0 Å². The summed E-state index contributed by atoms with van der Waals surface area (Å²) in [7, 11) is 0. The van der Waals surface area contributed by atoms with Gasteiger partial charge in [-0.05, 0) is 50.5 Å². The normalized spacial score (nSPS) is 31.8. The Morgan fingerprint density at radius 3 is 2.60 bits per heavy atom. The lowest BCUT2D eigenvalue weighted by Gasteiger charge is -2.38. The molecule has 2 N–H and O–H groups in total. The van der Waals surface area contributed by atoms with Gasteiger partial charge in [-0.15, -0.1) is 12.4 Å². The Bertz CT molecular complexity index is 247. The third kappa shape index (κ3) is 5.91. The molecular formula is C17H35ClN2. The van der Waals surface area contributed by atoms with E-state index < -0.39 is 0 Å². The summed E-state index contributed by atoms with van der Waals surface area (Å²) in [6.45, 7) is 6.27. The first-order valence-electron chi connectivity index (χ1n) is 8.77. The van der Waals surface area contributed by atoms with Crippen LogP contribution in [0.1, 0.15) is 71.1 Å². The minimum absolute atomic E-state index is 0. The minimum atomic E-state index is 0. The summed E-state index contributed by atoms with van der Waals surface area (Å²) in [5.41, 5.74) is 6.30. The van der Waals surface area contributed by atoms with Crippen LogP contribution in [-0.4, -0.2) is 30.6 Å². The molecule has 1 aliphatic carbocycles. The molecule has 0 bridgehead atoms. The van der Waals surface area contributed by atoms with Crippen LogP contribution in [0.5, 0.6) is 0 Å². The van der Waals surface area contributed by atoms with Gasteiger partial charge in [-0.1, -0.05) is 39.0 Å². The van der Waals surface area contributed by atoms with Gasteiger partial charge >= 0.3 is 0 Å². The Morgan fingerprint density at radius 2 is 1.85 bits per heavy atom. The van der Waals surface area contributed by atoms with Crippen LogP contribution in [0.2, 0.25) is 0 Å². The molecule has 0 radical (unpaired) electrons. The molecule has 1 heterocycles. The molecule has 2 fully saturated rings. The quantitative estimate of drug-likeness (QED) is 0.744. The zero-order valence-electron chi connectivity index (χ0n) is 13.4. The molecule has 3 heteroatoms. The van der Waals surface area contributed by atoms with Gasteiger partial charge in [0.2, 0.25) is 0 Å². The number of likely N-dealkylation sites (tertiary alicyclic amines) is 1. The van der Waals surface area contributed by atoms with Gasteiger partial charge < -0.3 is 10.6 Å². The second-order valence-electron chi connectivity index (χ2n) is 6.97. The van der Waals surface area contributed by atoms with E-state index in [0.29, 0.717) is 6.04 Å². The van der Waals surface area contributed by atoms with Crippen molar-refractivity contribution in [2.75, 3.05) is 19.6 Å². The van der Waals surface area contributed by atoms with Crippen molar-refractivity contribution in [3.8, 4) is 0 Å². The minimum Gasteiger partial charge on any atom is -0.327 e. The summed E-state index contributed by atoms with van der Waals surface area (Å²) in [5.74, 6) is 1.75. The average Bonchev–Trinajstić information content (AvgIpc) is 2.42. The molecule has 2 rings (SSSR count). The fraction of sp³-hybridized carbons (Fsp3) is 1.00. The summed E-state index contributed by atoms with van der Waals surface area (Å²) in [6.07, 6.45) is 14.0. The zero-order chi connectivity index (χ0) is 13.5. The smallest absolute Gasteiger partial charge is 0.00793 e. The summed E-state index contributed by atoms with van der Waals surface area (Å²) in [5, 5.41) is 0. The van der Waals surface area contributed by atoms with E-state index in [-0.39, 0.29) is 12.4 Å². The molecule has 0 aromatic heterocycles. The standard InChI is InChI=1S/C17H34N2.ClH/c1-2-3-4-8-15-9-7-12-19(13-15)14-16-10-5-6-11-17(16)18;/h15-17H,2-14,18H2,1H3;1H/t15-,16?,17?;/m0./s1. The first-order chi connectivity index (χ1) is 9.29. The molecule has 0 aromatic rings. The Hall–Kier alpha value is 0.210. The molecule has 2 aliphatic rings. The van der Waals surface area contributed by atoms with Crippen molar-refractivity contribution in [3.63, 3.8) is 0 Å². The Kier molecular flexibility index (Phi) is 9.15. The van der Waals surface area contributed by atoms with Crippen molar-refractivity contribution in [3.05, 3.63) is 0 Å². The molecule has 0 amide bonds. The summed E-state index contributed by atoms with van der Waals surface area (Å²) in [6, 6.07) is 0.481. The predicted molar refractivity (Wildman–Crippen MR) is 90.5 cm³/mol. The van der Waals surface area contributed by atoms with Crippen molar-refractivity contribution >= 4 is 12.4 Å². The van der Waals surface area contributed by atoms with Gasteiger partial charge in [0.05, 0.1) is 0 Å². The number of piperidine rings is 1. The van der Waals surface area contributed by atoms with E-state index in [9.17, 15) is 0 Å². The van der Waals surface area contributed by atoms with Crippen molar-refractivity contribution in [1.82, 2.24) is 4.90 Å². The van der Waals surface area contributed by atoms with Gasteiger partial charge in [0, 0.05) is 19.1 Å². The van der Waals surface area contributed by atoms with Gasteiger partial charge in [-0.3, -0.25) is 0 Å². The maximum Gasteiger partial charge on any atom is 0.00793 e. The zero-order valence-corrected chi connectivity index (χ0v) is 14.2. The fourth-order valence-corrected chi connectivity index (χ4v) is 4.03. The predicted octanol–water partition coefficient (Wildman–Crippen LogP) is 4.22. The van der Waals surface area contributed by atoms with Gasteiger partial charge in [-0.25, -0.2) is 0 Å². The topological polar surface area (TPSA) is 29.3 Å². The summed E-state index contributed by atoms with van der Waals surface area (Å²) in [4.78, 5) is 2.73. The Morgan fingerprint density at radius 1 is 1.05 bits per heavy atom. The van der Waals surface area contributed by atoms with Crippen LogP contribution in [0.3, 0.4) is 0 Å². The molecule has 0 aromatic carbocycles. The summed E-state index contributed by atoms with van der Waals surface area (Å²) >= 11 is 0. The molecule has 2 unspecified atom stereocenters. The van der Waals surface area contributed by atoms with Gasteiger partial charge in [-0.2, -0.15) is 0 Å². The molecule has 0 spiro atoms. The van der Waals surface area contributed by atoms with E-state index in [1.54, 1.807) is 0 Å². The second-order valence-corrected chi connectivity index (χ2v) is 6.97. The van der Waals surface area contributed by atoms with Crippen molar-refractivity contribution in [1.29, 1.82) is 0 Å². The molecule has 3 atom stereocenters. The average molecular weight is 303 g/mol. The lowest BCUT2D eigenvalue weighted by Crippen LogP contribution is -2.44. The monoisotopic (exact) mass is 302 g/mol. The highest BCUT2D eigenvalue weighted by Gasteiger charge is 2.26. The van der Waals surface area contributed by atoms with E-state index in [4.69, 9.17) is 5.73 Å². The number of hydrogen-bond acceptors (Lipinski definition) is 2. The Labute approximate surface area is 132 Å². The van der Waals surface area contributed by atoms with Crippen LogP contribution in [0.4, 0.5) is 0 Å². The van der Waals surface area contributed by atoms with E-state index in [2.05, 4.69) is 11.8 Å². The highest BCUT2D eigenvalue weighted by atomic mass is 35.5. The molecule has 1 saturated heterocycles. The number of rotatable bonds is 6. The third-order valence-corrected chi connectivity index (χ3v) is 5.28. The highest BCUT2D eigenvalue weighted by Crippen LogP contribution is 2.27. The molecule has 1 aliphatic heterocycles. The van der Waals surface area contributed by atoms with Gasteiger partial charge in [0.1, 0.15) is 0 Å². The number of hydrogen-bond donors (Lipinski definition) is 1. The maximum absolute atomic E-state index is 6.30. The molecule has 1 saturated carbocycles. The lowest BCUT2D eigenvalue weighted by atomic mass is 9.84. The third-order valence-electron chi connectivity index (χ3n) is 5.28. The highest BCUT2D eigenvalue weighted by molar-refractivity contribution is 5.85. The SMILES string of the molecule is CCCCC[C@H]1CCCN(CC2CCCCC2N)C1.Cl. The summed E-state index contributed by atoms with van der Waals surface area (Å²) < 4.78 is 0. The number of nitrogens with zero attached hydrogens (tertiary/aromatic N) is 1. The van der Waals surface area contributed by atoms with E-state index in [1.807, 2.05) is 0 Å². The van der Waals surface area contributed by atoms with Crippen LogP contribution in [-0.2, 0) is 0 Å². The van der Waals surface area contributed by atoms with Crippen LogP contribution < -0.4 is 5.73 Å². The van der Waals surface area contributed by atoms with E-state index >= 15 is 0 Å². The number of halogens is 1. The molecular weight excluding hydrogens is 268 g/mol. The van der Waals surface area contributed by atoms with E-state index in [0.717, 1.165) is 11.8 Å². The van der Waals surface area contributed by atoms with Crippen LogP contribution >= 0.6 is 12.4 Å². The van der Waals surface area contributed by atoms with Gasteiger partial charge in [0.15, 0.2) is 0 Å². The van der Waals surface area contributed by atoms with Crippen LogP contribution in [0.15, 0.2) is 0 Å². The first-order valence-corrected chi connectivity index (χ1v) is 8.77. The molecule has 2 nitrogen and oxygen atoms in total. The Balaban J connectivity index is 0.00000200. The van der Waals surface area contributed by atoms with Crippen molar-refractivity contribution < 1.29 is 0 Å². The number of unbranched alkanes of at least 4 members (excludes halogenated alkanes) is 2. The lowest BCUT2D eigenvalue weighted by molar-refractivity contribution is 0.124.